The molecule has 0 bridgehead atoms. The van der Waals surface area contributed by atoms with Crippen LogP contribution in [0.5, 0.6) is 0 Å². The van der Waals surface area contributed by atoms with Gasteiger partial charge in [0.25, 0.3) is 0 Å². The number of ether oxygens (including phenoxy) is 1. The molecule has 1 aliphatic rings. The fraction of sp³-hybridized carbons (Fsp3) is 0.333. The van der Waals surface area contributed by atoms with Crippen molar-refractivity contribution in [1.29, 1.82) is 0 Å². The smallest absolute Gasteiger partial charge is 0.111 e. The molecule has 0 radical (unpaired) electrons. The van der Waals surface area contributed by atoms with E-state index in [0.717, 1.165) is 16.7 Å². The molecule has 4 atom stereocenters. The molecule has 0 unspecified atom stereocenters. The van der Waals surface area contributed by atoms with E-state index in [-0.39, 0.29) is 13.0 Å². The second-order valence-corrected chi connectivity index (χ2v) is 6.74. The Morgan fingerprint density at radius 3 is 2.48 bits per heavy atom. The molecule has 2 aromatic carbocycles. The number of rotatable bonds is 6. The first-order chi connectivity index (χ1) is 13.1. The summed E-state index contributed by atoms with van der Waals surface area (Å²) in [6, 6.07) is 17.3. The Morgan fingerprint density at radius 2 is 1.81 bits per heavy atom. The van der Waals surface area contributed by atoms with Crippen LogP contribution in [0.1, 0.15) is 29.2 Å². The van der Waals surface area contributed by atoms with Crippen LogP contribution in [0, 0.1) is 0 Å². The highest BCUT2D eigenvalue weighted by atomic mass is 16.5. The van der Waals surface area contributed by atoms with Gasteiger partial charge in [-0.2, -0.15) is 0 Å². The maximum atomic E-state index is 10.2. The molecule has 6 heteroatoms. The lowest BCUT2D eigenvalue weighted by atomic mass is 9.93. The van der Waals surface area contributed by atoms with Gasteiger partial charge in [0.1, 0.15) is 12.2 Å². The van der Waals surface area contributed by atoms with Crippen molar-refractivity contribution in [2.45, 2.75) is 37.4 Å². The minimum absolute atomic E-state index is 0.193. The zero-order chi connectivity index (χ0) is 19.2. The summed E-state index contributed by atoms with van der Waals surface area (Å²) in [5.74, 6) is 0. The first kappa shape index (κ1) is 19.4. The van der Waals surface area contributed by atoms with Crippen molar-refractivity contribution in [1.82, 2.24) is 5.32 Å². The molecule has 6 N–H and O–H groups in total. The van der Waals surface area contributed by atoms with Crippen molar-refractivity contribution < 1.29 is 20.1 Å². The highest BCUT2D eigenvalue weighted by molar-refractivity contribution is 5.62. The monoisotopic (exact) mass is 370 g/mol. The molecule has 0 aromatic heterocycles. The SMILES string of the molecule is N/C(=C\NCc1ccccc1)c1ccc([C@H]2O[C@H](CO)C[C@H](O)[C@@H]2O)cc1. The lowest BCUT2D eigenvalue weighted by Gasteiger charge is -2.36. The third-order valence-electron chi connectivity index (χ3n) is 4.73. The number of nitrogens with two attached hydrogens (primary N) is 1. The minimum Gasteiger partial charge on any atom is -0.397 e. The van der Waals surface area contributed by atoms with Crippen LogP contribution in [0.4, 0.5) is 0 Å². The molecule has 1 heterocycles. The molecule has 0 spiro atoms. The van der Waals surface area contributed by atoms with Gasteiger partial charge in [-0.05, 0) is 16.7 Å². The highest BCUT2D eigenvalue weighted by Gasteiger charge is 2.37. The topological polar surface area (TPSA) is 108 Å². The molecule has 27 heavy (non-hydrogen) atoms. The fourth-order valence-corrected chi connectivity index (χ4v) is 3.17. The van der Waals surface area contributed by atoms with Crippen molar-refractivity contribution >= 4 is 5.70 Å². The molecule has 3 rings (SSSR count). The van der Waals surface area contributed by atoms with E-state index >= 15 is 0 Å². The van der Waals surface area contributed by atoms with Gasteiger partial charge in [-0.15, -0.1) is 0 Å². The van der Waals surface area contributed by atoms with E-state index in [1.165, 1.54) is 0 Å². The summed E-state index contributed by atoms with van der Waals surface area (Å²) in [7, 11) is 0. The molecular weight excluding hydrogens is 344 g/mol. The van der Waals surface area contributed by atoms with Gasteiger partial charge in [-0.25, -0.2) is 0 Å². The second-order valence-electron chi connectivity index (χ2n) is 6.74. The fourth-order valence-electron chi connectivity index (χ4n) is 3.17. The second kappa shape index (κ2) is 9.01. The van der Waals surface area contributed by atoms with Gasteiger partial charge in [0.05, 0.1) is 24.5 Å². The molecule has 2 aromatic rings. The maximum Gasteiger partial charge on any atom is 0.111 e. The van der Waals surface area contributed by atoms with Crippen LogP contribution in [0.2, 0.25) is 0 Å². The molecule has 6 nitrogen and oxygen atoms in total. The first-order valence-corrected chi connectivity index (χ1v) is 9.04. The van der Waals surface area contributed by atoms with Crippen molar-refractivity contribution in [3.8, 4) is 0 Å². The Balaban J connectivity index is 1.64. The van der Waals surface area contributed by atoms with Crippen molar-refractivity contribution in [2.75, 3.05) is 6.61 Å². The van der Waals surface area contributed by atoms with Crippen LogP contribution in [0.25, 0.3) is 5.70 Å². The molecule has 1 saturated heterocycles. The van der Waals surface area contributed by atoms with Gasteiger partial charge in [-0.3, -0.25) is 0 Å². The Labute approximate surface area is 158 Å². The molecule has 0 saturated carbocycles. The Hall–Kier alpha value is -2.38. The average molecular weight is 370 g/mol. The first-order valence-electron chi connectivity index (χ1n) is 9.04. The average Bonchev–Trinajstić information content (AvgIpc) is 2.71. The van der Waals surface area contributed by atoms with Crippen molar-refractivity contribution in [2.24, 2.45) is 5.73 Å². The van der Waals surface area contributed by atoms with Crippen LogP contribution < -0.4 is 11.1 Å². The largest absolute Gasteiger partial charge is 0.397 e. The number of aliphatic hydroxyl groups excluding tert-OH is 3. The Morgan fingerprint density at radius 1 is 1.11 bits per heavy atom. The van der Waals surface area contributed by atoms with Crippen LogP contribution in [-0.4, -0.2) is 40.2 Å². The van der Waals surface area contributed by atoms with E-state index in [4.69, 9.17) is 10.5 Å². The summed E-state index contributed by atoms with van der Waals surface area (Å²) >= 11 is 0. The summed E-state index contributed by atoms with van der Waals surface area (Å²) in [5.41, 5.74) is 9.45. The number of aliphatic hydroxyl groups is 3. The zero-order valence-corrected chi connectivity index (χ0v) is 15.0. The van der Waals surface area contributed by atoms with Gasteiger partial charge in [0.2, 0.25) is 0 Å². The molecule has 1 aliphatic heterocycles. The molecule has 0 amide bonds. The van der Waals surface area contributed by atoms with Crippen molar-refractivity contribution in [3.05, 3.63) is 77.5 Å². The van der Waals surface area contributed by atoms with E-state index in [2.05, 4.69) is 5.32 Å². The predicted octanol–water partition coefficient (Wildman–Crippen LogP) is 1.28. The van der Waals surface area contributed by atoms with Gasteiger partial charge in [0.15, 0.2) is 0 Å². The van der Waals surface area contributed by atoms with Crippen molar-refractivity contribution in [3.63, 3.8) is 0 Å². The van der Waals surface area contributed by atoms with E-state index in [1.807, 2.05) is 54.6 Å². The summed E-state index contributed by atoms with van der Waals surface area (Å²) in [4.78, 5) is 0. The van der Waals surface area contributed by atoms with Gasteiger partial charge < -0.3 is 31.1 Å². The van der Waals surface area contributed by atoms with E-state index in [9.17, 15) is 15.3 Å². The number of hydrogen-bond acceptors (Lipinski definition) is 6. The third kappa shape index (κ3) is 4.87. The molecule has 1 fully saturated rings. The lowest BCUT2D eigenvalue weighted by Crippen LogP contribution is -2.44. The van der Waals surface area contributed by atoms with Gasteiger partial charge in [0, 0.05) is 19.2 Å². The van der Waals surface area contributed by atoms with Crippen LogP contribution >= 0.6 is 0 Å². The van der Waals surface area contributed by atoms with Gasteiger partial charge >= 0.3 is 0 Å². The molecule has 0 aliphatic carbocycles. The number of nitrogens with one attached hydrogen (secondary N) is 1. The highest BCUT2D eigenvalue weighted by Crippen LogP contribution is 2.32. The third-order valence-corrected chi connectivity index (χ3v) is 4.73. The number of benzene rings is 2. The lowest BCUT2D eigenvalue weighted by molar-refractivity contribution is -0.179. The minimum atomic E-state index is -1.03. The standard InChI is InChI=1S/C21H26N2O4/c22-18(12-23-11-14-4-2-1-3-5-14)15-6-8-16(9-7-15)21-20(26)19(25)10-17(13-24)27-21/h1-9,12,17,19-21,23-26H,10-11,13,22H2/b18-12-/t17-,19-,20-,21+/m0/s1. The molecule has 144 valence electrons. The Kier molecular flexibility index (Phi) is 6.47. The quantitative estimate of drug-likeness (QED) is 0.524. The summed E-state index contributed by atoms with van der Waals surface area (Å²) in [6.07, 6.45) is -1.14. The Bertz CT molecular complexity index is 749. The summed E-state index contributed by atoms with van der Waals surface area (Å²) in [5, 5.41) is 32.7. The summed E-state index contributed by atoms with van der Waals surface area (Å²) < 4.78 is 5.70. The van der Waals surface area contributed by atoms with E-state index < -0.39 is 24.4 Å². The van der Waals surface area contributed by atoms with Crippen LogP contribution in [-0.2, 0) is 11.3 Å². The molecular formula is C21H26N2O4. The van der Waals surface area contributed by atoms with E-state index in [0.29, 0.717) is 12.2 Å². The predicted molar refractivity (Wildman–Crippen MR) is 103 cm³/mol. The zero-order valence-electron chi connectivity index (χ0n) is 15.0. The van der Waals surface area contributed by atoms with E-state index in [1.54, 1.807) is 6.20 Å². The normalized spacial score (nSPS) is 26.0. The summed E-state index contributed by atoms with van der Waals surface area (Å²) in [6.45, 7) is 0.489. The van der Waals surface area contributed by atoms with Gasteiger partial charge in [-0.1, -0.05) is 54.6 Å². The van der Waals surface area contributed by atoms with Crippen LogP contribution in [0.3, 0.4) is 0 Å². The number of hydrogen-bond donors (Lipinski definition) is 5. The maximum absolute atomic E-state index is 10.2. The van der Waals surface area contributed by atoms with Crippen LogP contribution in [0.15, 0.2) is 60.8 Å².